The van der Waals surface area contributed by atoms with Crippen molar-refractivity contribution in [2.24, 2.45) is 11.7 Å². The van der Waals surface area contributed by atoms with Gasteiger partial charge in [-0.15, -0.1) is 0 Å². The van der Waals surface area contributed by atoms with Gasteiger partial charge in [0.05, 0.1) is 4.99 Å². The largest absolute Gasteiger partial charge is 0.393 e. The van der Waals surface area contributed by atoms with E-state index in [2.05, 4.69) is 50.2 Å². The number of benzene rings is 1. The molecule has 0 heterocycles. The summed E-state index contributed by atoms with van der Waals surface area (Å²) < 4.78 is 0. The molecule has 0 radical (unpaired) electrons. The Balaban J connectivity index is 2.70. The number of nitrogens with zero attached hydrogens (tertiary/aromatic N) is 1. The molecule has 0 saturated carbocycles. The van der Waals surface area contributed by atoms with Gasteiger partial charge in [-0.25, -0.2) is 0 Å². The summed E-state index contributed by atoms with van der Waals surface area (Å²) in [5.41, 5.74) is 7.07. The Bertz CT molecular complexity index is 362. The van der Waals surface area contributed by atoms with Gasteiger partial charge in [0.15, 0.2) is 0 Å². The predicted octanol–water partition coefficient (Wildman–Crippen LogP) is 3.03. The summed E-state index contributed by atoms with van der Waals surface area (Å²) in [5, 5.41) is 0. The van der Waals surface area contributed by atoms with E-state index in [1.54, 1.807) is 0 Å². The van der Waals surface area contributed by atoms with Gasteiger partial charge in [0.25, 0.3) is 0 Å². The molecular weight excluding hydrogens is 240 g/mol. The average Bonchev–Trinajstić information content (AvgIpc) is 2.27. The summed E-state index contributed by atoms with van der Waals surface area (Å²) in [6.45, 7) is 3.39. The Morgan fingerprint density at radius 1 is 1.28 bits per heavy atom. The van der Waals surface area contributed by atoms with Gasteiger partial charge in [-0.3, -0.25) is 0 Å². The highest BCUT2D eigenvalue weighted by molar-refractivity contribution is 7.80. The van der Waals surface area contributed by atoms with Crippen molar-refractivity contribution in [3.8, 4) is 0 Å². The fourth-order valence-corrected chi connectivity index (χ4v) is 2.69. The molecule has 0 fully saturated rings. The van der Waals surface area contributed by atoms with Gasteiger partial charge in [0, 0.05) is 13.0 Å². The molecule has 0 aromatic heterocycles. The van der Waals surface area contributed by atoms with Gasteiger partial charge in [0.2, 0.25) is 0 Å². The summed E-state index contributed by atoms with van der Waals surface area (Å²) in [6.07, 6.45) is 1.93. The standard InChI is InChI=1S/C15H24N2S/c1-12(11-17(2)3)9-14(10-15(16)18)13-7-5-4-6-8-13/h4-8,12,14H,9-11H2,1-3H3,(H2,16,18). The molecule has 0 bridgehead atoms. The Hall–Kier alpha value is -0.930. The molecule has 0 spiro atoms. The van der Waals surface area contributed by atoms with Crippen LogP contribution in [-0.4, -0.2) is 30.5 Å². The molecular formula is C15H24N2S. The summed E-state index contributed by atoms with van der Waals surface area (Å²) in [5.74, 6) is 1.08. The second-order valence-electron chi connectivity index (χ2n) is 5.38. The fraction of sp³-hybridized carbons (Fsp3) is 0.533. The van der Waals surface area contributed by atoms with E-state index in [1.807, 2.05) is 6.07 Å². The minimum atomic E-state index is 0.443. The van der Waals surface area contributed by atoms with Crippen molar-refractivity contribution in [3.63, 3.8) is 0 Å². The maximum absolute atomic E-state index is 5.73. The minimum absolute atomic E-state index is 0.443. The van der Waals surface area contributed by atoms with Crippen molar-refractivity contribution >= 4 is 17.2 Å². The third kappa shape index (κ3) is 5.61. The number of thiocarbonyl (C=S) groups is 1. The number of hydrogen-bond acceptors (Lipinski definition) is 2. The Morgan fingerprint density at radius 3 is 2.39 bits per heavy atom. The molecule has 1 rings (SSSR count). The molecule has 1 aromatic rings. The molecule has 0 amide bonds. The van der Waals surface area contributed by atoms with Crippen LogP contribution in [0.5, 0.6) is 0 Å². The first-order valence-electron chi connectivity index (χ1n) is 6.47. The van der Waals surface area contributed by atoms with Crippen molar-refractivity contribution in [1.82, 2.24) is 4.90 Å². The normalized spacial score (nSPS) is 14.4. The summed E-state index contributed by atoms with van der Waals surface area (Å²) in [6, 6.07) is 10.6. The van der Waals surface area contributed by atoms with Crippen LogP contribution < -0.4 is 5.73 Å². The van der Waals surface area contributed by atoms with E-state index in [4.69, 9.17) is 18.0 Å². The number of nitrogens with two attached hydrogens (primary N) is 1. The first-order chi connectivity index (χ1) is 8.49. The van der Waals surface area contributed by atoms with Crippen molar-refractivity contribution in [3.05, 3.63) is 35.9 Å². The highest BCUT2D eigenvalue weighted by atomic mass is 32.1. The van der Waals surface area contributed by atoms with Crippen LogP contribution in [0.2, 0.25) is 0 Å². The Labute approximate surface area is 116 Å². The molecule has 100 valence electrons. The van der Waals surface area contributed by atoms with Crippen LogP contribution in [-0.2, 0) is 0 Å². The smallest absolute Gasteiger partial charge is 0.0733 e. The number of hydrogen-bond donors (Lipinski definition) is 1. The summed E-state index contributed by atoms with van der Waals surface area (Å²) >= 11 is 5.08. The summed E-state index contributed by atoms with van der Waals surface area (Å²) in [4.78, 5) is 2.84. The van der Waals surface area contributed by atoms with Crippen molar-refractivity contribution in [1.29, 1.82) is 0 Å². The van der Waals surface area contributed by atoms with Gasteiger partial charge in [-0.1, -0.05) is 49.5 Å². The SMILES string of the molecule is CC(CC(CC(N)=S)c1ccccc1)CN(C)C. The van der Waals surface area contributed by atoms with Crippen LogP contribution >= 0.6 is 12.2 Å². The maximum atomic E-state index is 5.73. The van der Waals surface area contributed by atoms with E-state index in [1.165, 1.54) is 5.56 Å². The van der Waals surface area contributed by atoms with Crippen molar-refractivity contribution in [2.75, 3.05) is 20.6 Å². The average molecular weight is 264 g/mol. The second-order valence-corrected chi connectivity index (χ2v) is 5.91. The van der Waals surface area contributed by atoms with E-state index in [9.17, 15) is 0 Å². The lowest BCUT2D eigenvalue weighted by Gasteiger charge is -2.23. The molecule has 18 heavy (non-hydrogen) atoms. The van der Waals surface area contributed by atoms with Crippen LogP contribution in [0.25, 0.3) is 0 Å². The predicted molar refractivity (Wildman–Crippen MR) is 82.9 cm³/mol. The molecule has 0 aliphatic heterocycles. The molecule has 0 aliphatic rings. The second kappa shape index (κ2) is 7.49. The lowest BCUT2D eigenvalue weighted by Crippen LogP contribution is -2.22. The van der Waals surface area contributed by atoms with Gasteiger partial charge in [-0.2, -0.15) is 0 Å². The molecule has 3 heteroatoms. The zero-order chi connectivity index (χ0) is 13.5. The zero-order valence-corrected chi connectivity index (χ0v) is 12.4. The van der Waals surface area contributed by atoms with E-state index < -0.39 is 0 Å². The molecule has 2 atom stereocenters. The Morgan fingerprint density at radius 2 is 1.89 bits per heavy atom. The van der Waals surface area contributed by atoms with Crippen LogP contribution in [0.3, 0.4) is 0 Å². The first-order valence-corrected chi connectivity index (χ1v) is 6.87. The topological polar surface area (TPSA) is 29.3 Å². The van der Waals surface area contributed by atoms with E-state index in [0.29, 0.717) is 16.8 Å². The monoisotopic (exact) mass is 264 g/mol. The molecule has 0 saturated heterocycles. The van der Waals surface area contributed by atoms with E-state index >= 15 is 0 Å². The van der Waals surface area contributed by atoms with Crippen LogP contribution in [0.1, 0.15) is 31.2 Å². The van der Waals surface area contributed by atoms with Crippen molar-refractivity contribution < 1.29 is 0 Å². The summed E-state index contributed by atoms with van der Waals surface area (Å²) in [7, 11) is 4.23. The lowest BCUT2D eigenvalue weighted by molar-refractivity contribution is 0.315. The highest BCUT2D eigenvalue weighted by Gasteiger charge is 2.16. The van der Waals surface area contributed by atoms with Crippen molar-refractivity contribution in [2.45, 2.75) is 25.7 Å². The molecule has 0 aliphatic carbocycles. The van der Waals surface area contributed by atoms with Gasteiger partial charge < -0.3 is 10.6 Å². The molecule has 2 unspecified atom stereocenters. The zero-order valence-electron chi connectivity index (χ0n) is 11.6. The van der Waals surface area contributed by atoms with Gasteiger partial charge >= 0.3 is 0 Å². The molecule has 2 N–H and O–H groups in total. The first kappa shape index (κ1) is 15.1. The van der Waals surface area contributed by atoms with Gasteiger partial charge in [-0.05, 0) is 37.9 Å². The Kier molecular flexibility index (Phi) is 6.30. The third-order valence-electron chi connectivity index (χ3n) is 3.08. The number of rotatable bonds is 7. The highest BCUT2D eigenvalue weighted by Crippen LogP contribution is 2.27. The van der Waals surface area contributed by atoms with E-state index in [-0.39, 0.29) is 0 Å². The molecule has 1 aromatic carbocycles. The maximum Gasteiger partial charge on any atom is 0.0733 e. The van der Waals surface area contributed by atoms with Gasteiger partial charge in [0.1, 0.15) is 0 Å². The lowest BCUT2D eigenvalue weighted by atomic mass is 9.87. The molecule has 2 nitrogen and oxygen atoms in total. The third-order valence-corrected chi connectivity index (χ3v) is 3.25. The van der Waals surface area contributed by atoms with Crippen LogP contribution in [0.4, 0.5) is 0 Å². The minimum Gasteiger partial charge on any atom is -0.393 e. The quantitative estimate of drug-likeness (QED) is 0.768. The van der Waals surface area contributed by atoms with Crippen LogP contribution in [0.15, 0.2) is 30.3 Å². The fourth-order valence-electron chi connectivity index (χ4n) is 2.49. The van der Waals surface area contributed by atoms with E-state index in [0.717, 1.165) is 19.4 Å². The van der Waals surface area contributed by atoms with Crippen LogP contribution in [0, 0.1) is 5.92 Å².